The summed E-state index contributed by atoms with van der Waals surface area (Å²) < 4.78 is 0. The van der Waals surface area contributed by atoms with Crippen LogP contribution in [0.5, 0.6) is 0 Å². The monoisotopic (exact) mass is 230 g/mol. The number of fused-ring (bicyclic) bond motifs is 1. The number of H-pyrrole nitrogens is 1. The minimum absolute atomic E-state index is 0.186. The number of benzene rings is 1. The van der Waals surface area contributed by atoms with Crippen LogP contribution >= 0.6 is 0 Å². The Morgan fingerprint density at radius 3 is 2.82 bits per heavy atom. The molecule has 0 aliphatic carbocycles. The van der Waals surface area contributed by atoms with Gasteiger partial charge in [0.1, 0.15) is 11.6 Å². The summed E-state index contributed by atoms with van der Waals surface area (Å²) >= 11 is 0. The minimum atomic E-state index is 0.186. The Balaban J connectivity index is 2.30. The van der Waals surface area contributed by atoms with Crippen LogP contribution < -0.4 is 0 Å². The number of aromatic amines is 1. The molecule has 1 aromatic carbocycles. The van der Waals surface area contributed by atoms with E-state index in [0.717, 1.165) is 28.8 Å². The molecule has 0 saturated heterocycles. The van der Waals surface area contributed by atoms with Gasteiger partial charge in [0.15, 0.2) is 0 Å². The van der Waals surface area contributed by atoms with Gasteiger partial charge in [-0.1, -0.05) is 19.9 Å². The molecule has 0 saturated carbocycles. The Hall–Kier alpha value is -1.64. The lowest BCUT2D eigenvalue weighted by Crippen LogP contribution is -1.95. The van der Waals surface area contributed by atoms with E-state index >= 15 is 0 Å². The van der Waals surface area contributed by atoms with Gasteiger partial charge in [-0.05, 0) is 30.5 Å². The molecule has 3 heteroatoms. The molecule has 0 unspecified atom stereocenters. The molecule has 0 aliphatic rings. The number of nitrogens with zero attached hydrogens (tertiary/aromatic N) is 1. The van der Waals surface area contributed by atoms with Crippen molar-refractivity contribution in [3.05, 3.63) is 29.6 Å². The smallest absolute Gasteiger partial charge is 0.134 e. The third kappa shape index (κ3) is 2.93. The molecular weight excluding hydrogens is 212 g/mol. The first kappa shape index (κ1) is 11.8. The molecule has 2 aromatic rings. The number of carbonyl (C=O) groups is 1. The van der Waals surface area contributed by atoms with Crippen molar-refractivity contribution >= 4 is 16.8 Å². The number of rotatable bonds is 4. The first-order chi connectivity index (χ1) is 8.04. The Morgan fingerprint density at radius 1 is 1.41 bits per heavy atom. The highest BCUT2D eigenvalue weighted by atomic mass is 16.1. The highest BCUT2D eigenvalue weighted by Crippen LogP contribution is 2.16. The molecule has 1 aromatic heterocycles. The first-order valence-corrected chi connectivity index (χ1v) is 6.01. The van der Waals surface area contributed by atoms with Crippen LogP contribution in [0.3, 0.4) is 0 Å². The molecule has 0 spiro atoms. The normalized spacial score (nSPS) is 11.3. The molecule has 1 N–H and O–H groups in total. The zero-order valence-electron chi connectivity index (χ0n) is 10.6. The van der Waals surface area contributed by atoms with Gasteiger partial charge in [-0.3, -0.25) is 4.79 Å². The van der Waals surface area contributed by atoms with E-state index in [2.05, 4.69) is 23.8 Å². The fraction of sp³-hybridized carbons (Fsp3) is 0.429. The molecule has 0 bridgehead atoms. The number of aromatic nitrogens is 2. The van der Waals surface area contributed by atoms with Gasteiger partial charge < -0.3 is 4.98 Å². The maximum absolute atomic E-state index is 11.1. The van der Waals surface area contributed by atoms with Crippen LogP contribution in [0.25, 0.3) is 11.0 Å². The van der Waals surface area contributed by atoms with Crippen LogP contribution in [0.4, 0.5) is 0 Å². The van der Waals surface area contributed by atoms with Crippen LogP contribution in [0.15, 0.2) is 18.2 Å². The molecule has 1 heterocycles. The maximum Gasteiger partial charge on any atom is 0.134 e. The lowest BCUT2D eigenvalue weighted by molar-refractivity contribution is -0.116. The predicted octanol–water partition coefficient (Wildman–Crippen LogP) is 2.89. The van der Waals surface area contributed by atoms with Crippen molar-refractivity contribution in [3.8, 4) is 0 Å². The van der Waals surface area contributed by atoms with Gasteiger partial charge in [-0.25, -0.2) is 4.98 Å². The van der Waals surface area contributed by atoms with Gasteiger partial charge in [0, 0.05) is 12.8 Å². The highest BCUT2D eigenvalue weighted by Gasteiger charge is 2.06. The molecular formula is C14H18N2O. The molecule has 0 fully saturated rings. The fourth-order valence-corrected chi connectivity index (χ4v) is 1.99. The summed E-state index contributed by atoms with van der Waals surface area (Å²) in [5, 5.41) is 0. The third-order valence-corrected chi connectivity index (χ3v) is 2.65. The SMILES string of the molecule is CC(=O)Cc1ccc2nc(CC(C)C)[nH]c2c1. The van der Waals surface area contributed by atoms with Crippen LogP contribution in [-0.2, 0) is 17.6 Å². The first-order valence-electron chi connectivity index (χ1n) is 6.01. The number of Topliss-reactive ketones (excluding diaryl/α,β-unsaturated/α-hetero) is 1. The summed E-state index contributed by atoms with van der Waals surface area (Å²) in [5.41, 5.74) is 3.05. The number of nitrogens with one attached hydrogen (secondary N) is 1. The Morgan fingerprint density at radius 2 is 2.18 bits per heavy atom. The van der Waals surface area contributed by atoms with Crippen molar-refractivity contribution in [2.75, 3.05) is 0 Å². The number of imidazole rings is 1. The summed E-state index contributed by atoms with van der Waals surface area (Å²) in [6.45, 7) is 5.96. The third-order valence-electron chi connectivity index (χ3n) is 2.65. The summed E-state index contributed by atoms with van der Waals surface area (Å²) in [6.07, 6.45) is 1.45. The summed E-state index contributed by atoms with van der Waals surface area (Å²) in [5.74, 6) is 1.80. The molecule has 3 nitrogen and oxygen atoms in total. The topological polar surface area (TPSA) is 45.8 Å². The number of ketones is 1. The Labute approximate surface area is 101 Å². The van der Waals surface area contributed by atoms with Crippen molar-refractivity contribution in [1.82, 2.24) is 9.97 Å². The van der Waals surface area contributed by atoms with Crippen molar-refractivity contribution in [2.45, 2.75) is 33.6 Å². The Bertz CT molecular complexity index is 540. The fourth-order valence-electron chi connectivity index (χ4n) is 1.99. The molecule has 0 atom stereocenters. The van der Waals surface area contributed by atoms with Gasteiger partial charge >= 0.3 is 0 Å². The number of hydrogen-bond acceptors (Lipinski definition) is 2. The molecule has 0 amide bonds. The van der Waals surface area contributed by atoms with E-state index in [0.29, 0.717) is 12.3 Å². The van der Waals surface area contributed by atoms with E-state index in [-0.39, 0.29) is 5.78 Å². The average Bonchev–Trinajstić information content (AvgIpc) is 2.56. The second-order valence-corrected chi connectivity index (χ2v) is 5.01. The van der Waals surface area contributed by atoms with Gasteiger partial charge in [-0.2, -0.15) is 0 Å². The van der Waals surface area contributed by atoms with Gasteiger partial charge in [0.2, 0.25) is 0 Å². The van der Waals surface area contributed by atoms with Crippen LogP contribution in [0.2, 0.25) is 0 Å². The van der Waals surface area contributed by atoms with E-state index < -0.39 is 0 Å². The summed E-state index contributed by atoms with van der Waals surface area (Å²) in [7, 11) is 0. The second-order valence-electron chi connectivity index (χ2n) is 5.01. The summed E-state index contributed by atoms with van der Waals surface area (Å²) in [6, 6.07) is 5.98. The van der Waals surface area contributed by atoms with E-state index in [4.69, 9.17) is 0 Å². The summed E-state index contributed by atoms with van der Waals surface area (Å²) in [4.78, 5) is 18.9. The van der Waals surface area contributed by atoms with Crippen LogP contribution in [0, 0.1) is 5.92 Å². The zero-order valence-corrected chi connectivity index (χ0v) is 10.6. The second kappa shape index (κ2) is 4.70. The quantitative estimate of drug-likeness (QED) is 0.877. The van der Waals surface area contributed by atoms with E-state index in [1.165, 1.54) is 0 Å². The van der Waals surface area contributed by atoms with Crippen molar-refractivity contribution in [2.24, 2.45) is 5.92 Å². The molecule has 17 heavy (non-hydrogen) atoms. The van der Waals surface area contributed by atoms with Gasteiger partial charge in [0.05, 0.1) is 11.0 Å². The highest BCUT2D eigenvalue weighted by molar-refractivity contribution is 5.81. The van der Waals surface area contributed by atoms with Crippen LogP contribution in [0.1, 0.15) is 32.2 Å². The number of hydrogen-bond donors (Lipinski definition) is 1. The standard InChI is InChI=1S/C14H18N2O/c1-9(2)6-14-15-12-5-4-11(7-10(3)17)8-13(12)16-14/h4-5,8-9H,6-7H2,1-3H3,(H,15,16). The molecule has 2 rings (SSSR count). The largest absolute Gasteiger partial charge is 0.342 e. The van der Waals surface area contributed by atoms with Crippen molar-refractivity contribution < 1.29 is 4.79 Å². The molecule has 0 aliphatic heterocycles. The molecule has 0 radical (unpaired) electrons. The van der Waals surface area contributed by atoms with Crippen molar-refractivity contribution in [3.63, 3.8) is 0 Å². The Kier molecular flexibility index (Phi) is 3.27. The predicted molar refractivity (Wildman–Crippen MR) is 69.0 cm³/mol. The van der Waals surface area contributed by atoms with E-state index in [1.807, 2.05) is 18.2 Å². The van der Waals surface area contributed by atoms with E-state index in [1.54, 1.807) is 6.92 Å². The van der Waals surface area contributed by atoms with Gasteiger partial charge in [-0.15, -0.1) is 0 Å². The van der Waals surface area contributed by atoms with Crippen LogP contribution in [-0.4, -0.2) is 15.8 Å². The lowest BCUT2D eigenvalue weighted by Gasteiger charge is -1.98. The number of carbonyl (C=O) groups excluding carboxylic acids is 1. The van der Waals surface area contributed by atoms with E-state index in [9.17, 15) is 4.79 Å². The average molecular weight is 230 g/mol. The zero-order chi connectivity index (χ0) is 12.4. The maximum atomic E-state index is 11.1. The minimum Gasteiger partial charge on any atom is -0.342 e. The lowest BCUT2D eigenvalue weighted by atomic mass is 10.1. The van der Waals surface area contributed by atoms with Gasteiger partial charge in [0.25, 0.3) is 0 Å². The van der Waals surface area contributed by atoms with Crippen molar-refractivity contribution in [1.29, 1.82) is 0 Å². The molecule has 90 valence electrons.